The molecule has 0 atom stereocenters. The third kappa shape index (κ3) is 4.34. The Kier molecular flexibility index (Phi) is 5.58. The van der Waals surface area contributed by atoms with Crippen LogP contribution in [0.2, 0.25) is 0 Å². The van der Waals surface area contributed by atoms with Gasteiger partial charge >= 0.3 is 0 Å². The Morgan fingerprint density at radius 3 is 2.81 bits per heavy atom. The number of amides is 2. The molecule has 31 heavy (non-hydrogen) atoms. The van der Waals surface area contributed by atoms with E-state index in [1.54, 1.807) is 18.4 Å². The van der Waals surface area contributed by atoms with Crippen LogP contribution in [0.3, 0.4) is 0 Å². The van der Waals surface area contributed by atoms with E-state index in [0.717, 1.165) is 27.2 Å². The molecule has 0 saturated carbocycles. The summed E-state index contributed by atoms with van der Waals surface area (Å²) in [4.78, 5) is 26.0. The van der Waals surface area contributed by atoms with Crippen LogP contribution in [0.25, 0.3) is 10.2 Å². The Balaban J connectivity index is 1.56. The first-order chi connectivity index (χ1) is 14.8. The maximum atomic E-state index is 13.3. The molecule has 162 valence electrons. The summed E-state index contributed by atoms with van der Waals surface area (Å²) < 4.78 is 8.28. The van der Waals surface area contributed by atoms with Gasteiger partial charge in [-0.15, -0.1) is 11.3 Å². The summed E-state index contributed by atoms with van der Waals surface area (Å²) in [6.45, 7) is 6.93. The minimum atomic E-state index is -0.269. The summed E-state index contributed by atoms with van der Waals surface area (Å²) in [6.07, 6.45) is 0. The summed E-state index contributed by atoms with van der Waals surface area (Å²) in [5, 5.41) is 10.8. The van der Waals surface area contributed by atoms with E-state index in [-0.39, 0.29) is 23.8 Å². The van der Waals surface area contributed by atoms with Crippen LogP contribution in [-0.4, -0.2) is 40.8 Å². The van der Waals surface area contributed by atoms with Crippen LogP contribution in [0.5, 0.6) is 5.75 Å². The van der Waals surface area contributed by atoms with Crippen LogP contribution in [0, 0.1) is 5.41 Å². The van der Waals surface area contributed by atoms with E-state index in [2.05, 4.69) is 31.2 Å². The zero-order chi connectivity index (χ0) is 22.2. The zero-order valence-corrected chi connectivity index (χ0v) is 19.0. The lowest BCUT2D eigenvalue weighted by molar-refractivity contribution is -0.122. The summed E-state index contributed by atoms with van der Waals surface area (Å²) in [5.41, 5.74) is 3.11. The molecule has 1 aliphatic heterocycles. The van der Waals surface area contributed by atoms with E-state index >= 15 is 0 Å². The van der Waals surface area contributed by atoms with Crippen molar-refractivity contribution in [3.8, 4) is 5.75 Å². The summed E-state index contributed by atoms with van der Waals surface area (Å²) in [5.74, 6) is 0.198. The minimum Gasteiger partial charge on any atom is -0.497 e. The number of fused-ring (bicyclic) bond motifs is 3. The summed E-state index contributed by atoms with van der Waals surface area (Å²) in [6, 6.07) is 11.4. The van der Waals surface area contributed by atoms with Crippen LogP contribution in [0.15, 0.2) is 46.9 Å². The predicted molar refractivity (Wildman–Crippen MR) is 123 cm³/mol. The maximum Gasteiger partial charge on any atom is 0.291 e. The smallest absolute Gasteiger partial charge is 0.291 e. The second kappa shape index (κ2) is 8.19. The van der Waals surface area contributed by atoms with Crippen molar-refractivity contribution in [3.05, 3.63) is 53.0 Å². The molecule has 0 unspecified atom stereocenters. The lowest BCUT2D eigenvalue weighted by atomic mass is 9.90. The third-order valence-corrected chi connectivity index (χ3v) is 6.16. The lowest BCUT2D eigenvalue weighted by Crippen LogP contribution is -2.38. The van der Waals surface area contributed by atoms with Gasteiger partial charge in [-0.05, 0) is 35.2 Å². The Morgan fingerprint density at radius 2 is 2.06 bits per heavy atom. The Labute approximate surface area is 185 Å². The number of aromatic nitrogens is 1. The molecule has 1 aromatic carbocycles. The molecule has 0 fully saturated rings. The maximum absolute atomic E-state index is 13.3. The van der Waals surface area contributed by atoms with Gasteiger partial charge in [-0.3, -0.25) is 9.59 Å². The van der Waals surface area contributed by atoms with Crippen LogP contribution in [-0.2, 0) is 17.9 Å². The van der Waals surface area contributed by atoms with E-state index in [9.17, 15) is 9.59 Å². The number of methoxy groups -OCH3 is 1. The van der Waals surface area contributed by atoms with Gasteiger partial charge in [0, 0.05) is 12.0 Å². The van der Waals surface area contributed by atoms with Crippen molar-refractivity contribution in [1.82, 2.24) is 14.9 Å². The van der Waals surface area contributed by atoms with E-state index in [4.69, 9.17) is 4.74 Å². The average molecular weight is 439 g/mol. The Morgan fingerprint density at radius 1 is 1.26 bits per heavy atom. The molecule has 0 aliphatic carbocycles. The summed E-state index contributed by atoms with van der Waals surface area (Å²) >= 11 is 1.60. The molecule has 3 aromatic rings. The number of hydrogen-bond acceptors (Lipinski definition) is 5. The lowest BCUT2D eigenvalue weighted by Gasteiger charge is -2.23. The average Bonchev–Trinajstić information content (AvgIpc) is 3.29. The zero-order valence-electron chi connectivity index (χ0n) is 18.1. The van der Waals surface area contributed by atoms with Crippen LogP contribution >= 0.6 is 11.3 Å². The first-order valence-electron chi connectivity index (χ1n) is 10.1. The SMILES string of the molecule is COc1cccc(CNC(=O)CN2N=C(C(C)(C)C)Cn3c(cc4sccc43)C2=O)c1. The van der Waals surface area contributed by atoms with Gasteiger partial charge in [0.25, 0.3) is 5.91 Å². The molecule has 3 heterocycles. The van der Waals surface area contributed by atoms with Crippen LogP contribution in [0.1, 0.15) is 36.8 Å². The molecule has 8 heteroatoms. The van der Waals surface area contributed by atoms with Crippen molar-refractivity contribution in [3.63, 3.8) is 0 Å². The highest BCUT2D eigenvalue weighted by molar-refractivity contribution is 7.17. The van der Waals surface area contributed by atoms with Crippen molar-refractivity contribution in [2.45, 2.75) is 33.9 Å². The molecular weight excluding hydrogens is 412 g/mol. The topological polar surface area (TPSA) is 75.9 Å². The molecular formula is C23H26N4O3S. The van der Waals surface area contributed by atoms with Gasteiger partial charge in [0.2, 0.25) is 5.91 Å². The molecule has 0 spiro atoms. The number of hydrogen-bond donors (Lipinski definition) is 1. The van der Waals surface area contributed by atoms with Gasteiger partial charge in [0.15, 0.2) is 0 Å². The Hall–Kier alpha value is -3.13. The monoisotopic (exact) mass is 438 g/mol. The van der Waals surface area contributed by atoms with Gasteiger partial charge in [-0.25, -0.2) is 5.01 Å². The number of carbonyl (C=O) groups is 2. The minimum absolute atomic E-state index is 0.138. The fourth-order valence-electron chi connectivity index (χ4n) is 3.50. The second-order valence-corrected chi connectivity index (χ2v) is 9.52. The normalized spacial score (nSPS) is 14.3. The van der Waals surface area contributed by atoms with E-state index in [0.29, 0.717) is 18.8 Å². The Bertz CT molecular complexity index is 1170. The molecule has 0 radical (unpaired) electrons. The molecule has 0 bridgehead atoms. The number of nitrogens with zero attached hydrogens (tertiary/aromatic N) is 3. The quantitative estimate of drug-likeness (QED) is 0.657. The number of rotatable bonds is 5. The molecule has 1 N–H and O–H groups in total. The molecule has 7 nitrogen and oxygen atoms in total. The van der Waals surface area contributed by atoms with Crippen molar-refractivity contribution >= 4 is 39.1 Å². The molecule has 2 amide bonds. The summed E-state index contributed by atoms with van der Waals surface area (Å²) in [7, 11) is 1.60. The number of thiophene rings is 1. The number of hydrazone groups is 1. The van der Waals surface area contributed by atoms with Crippen molar-refractivity contribution in [2.24, 2.45) is 10.5 Å². The largest absolute Gasteiger partial charge is 0.497 e. The highest BCUT2D eigenvalue weighted by Gasteiger charge is 2.31. The van der Waals surface area contributed by atoms with Crippen molar-refractivity contribution in [2.75, 3.05) is 13.7 Å². The number of benzene rings is 1. The second-order valence-electron chi connectivity index (χ2n) is 8.57. The molecule has 1 aliphatic rings. The highest BCUT2D eigenvalue weighted by atomic mass is 32.1. The van der Waals surface area contributed by atoms with E-state index in [1.165, 1.54) is 5.01 Å². The number of carbonyl (C=O) groups excluding carboxylic acids is 2. The standard InChI is InChI=1S/C23H26N4O3S/c1-23(2,3)20-13-26-17-8-9-31-19(17)11-18(26)22(29)27(25-20)14-21(28)24-12-15-6-5-7-16(10-15)30-4/h5-11H,12-14H2,1-4H3,(H,24,28). The van der Waals surface area contributed by atoms with Crippen LogP contribution in [0.4, 0.5) is 0 Å². The first-order valence-corrected chi connectivity index (χ1v) is 11.0. The van der Waals surface area contributed by atoms with Gasteiger partial charge in [-0.1, -0.05) is 32.9 Å². The van der Waals surface area contributed by atoms with Gasteiger partial charge in [-0.2, -0.15) is 5.10 Å². The van der Waals surface area contributed by atoms with Gasteiger partial charge in [0.1, 0.15) is 18.0 Å². The van der Waals surface area contributed by atoms with Crippen LogP contribution < -0.4 is 10.1 Å². The van der Waals surface area contributed by atoms with Gasteiger partial charge in [0.05, 0.1) is 29.6 Å². The third-order valence-electron chi connectivity index (χ3n) is 5.31. The number of ether oxygens (including phenoxy) is 1. The predicted octanol–water partition coefficient (Wildman–Crippen LogP) is 3.89. The van der Waals surface area contributed by atoms with Crippen molar-refractivity contribution < 1.29 is 14.3 Å². The number of nitrogens with one attached hydrogen (secondary N) is 1. The molecule has 0 saturated heterocycles. The fraction of sp³-hybridized carbons (Fsp3) is 0.348. The van der Waals surface area contributed by atoms with Crippen molar-refractivity contribution in [1.29, 1.82) is 0 Å². The van der Waals surface area contributed by atoms with Gasteiger partial charge < -0.3 is 14.6 Å². The molecule has 2 aromatic heterocycles. The first kappa shape index (κ1) is 21.1. The highest BCUT2D eigenvalue weighted by Crippen LogP contribution is 2.30. The fourth-order valence-corrected chi connectivity index (χ4v) is 4.32. The van der Waals surface area contributed by atoms with E-state index in [1.807, 2.05) is 46.3 Å². The van der Waals surface area contributed by atoms with E-state index < -0.39 is 0 Å². The molecule has 4 rings (SSSR count).